The minimum absolute atomic E-state index is 0.0913. The zero-order valence-electron chi connectivity index (χ0n) is 17.4. The molecule has 1 saturated heterocycles. The van der Waals surface area contributed by atoms with Crippen molar-refractivity contribution in [3.63, 3.8) is 0 Å². The smallest absolute Gasteiger partial charge is 0.410 e. The molecule has 0 spiro atoms. The largest absolute Gasteiger partial charge is 0.483 e. The maximum atomic E-state index is 12.9. The lowest BCUT2D eigenvalue weighted by atomic mass is 10.00. The van der Waals surface area contributed by atoms with Gasteiger partial charge >= 0.3 is 6.09 Å². The zero-order chi connectivity index (χ0) is 20.9. The van der Waals surface area contributed by atoms with Crippen LogP contribution in [0.25, 0.3) is 0 Å². The van der Waals surface area contributed by atoms with Crippen LogP contribution in [-0.4, -0.2) is 64.7 Å². The first-order valence-electron chi connectivity index (χ1n) is 9.84. The van der Waals surface area contributed by atoms with Crippen molar-refractivity contribution in [1.82, 2.24) is 15.4 Å². The summed E-state index contributed by atoms with van der Waals surface area (Å²) in [5.74, 6) is 1.25. The SMILES string of the molecule is CC1C(NN2N=C3COc4ccccc4N3C(C)C2=O)CN1C(=O)OC(C)(C)C. The fraction of sp³-hybridized carbons (Fsp3) is 0.550. The highest BCUT2D eigenvalue weighted by atomic mass is 16.6. The highest BCUT2D eigenvalue weighted by Crippen LogP contribution is 2.35. The van der Waals surface area contributed by atoms with Crippen molar-refractivity contribution in [1.29, 1.82) is 0 Å². The van der Waals surface area contributed by atoms with Gasteiger partial charge in [0.2, 0.25) is 0 Å². The van der Waals surface area contributed by atoms with Gasteiger partial charge in [-0.25, -0.2) is 10.2 Å². The number of likely N-dealkylation sites (tertiary alicyclic amines) is 1. The van der Waals surface area contributed by atoms with Crippen molar-refractivity contribution in [2.75, 3.05) is 18.1 Å². The highest BCUT2D eigenvalue weighted by molar-refractivity contribution is 6.08. The summed E-state index contributed by atoms with van der Waals surface area (Å²) in [6.07, 6.45) is -0.351. The molecule has 156 valence electrons. The first kappa shape index (κ1) is 19.5. The Kier molecular flexibility index (Phi) is 4.65. The number of amides is 2. The summed E-state index contributed by atoms with van der Waals surface area (Å²) < 4.78 is 11.2. The Morgan fingerprint density at radius 1 is 1.28 bits per heavy atom. The predicted molar refractivity (Wildman–Crippen MR) is 107 cm³/mol. The second kappa shape index (κ2) is 6.91. The Morgan fingerprint density at radius 2 is 2.00 bits per heavy atom. The molecule has 2 amide bonds. The van der Waals surface area contributed by atoms with E-state index in [1.807, 2.05) is 63.8 Å². The maximum Gasteiger partial charge on any atom is 0.410 e. The number of amidine groups is 1. The van der Waals surface area contributed by atoms with Crippen molar-refractivity contribution in [3.05, 3.63) is 24.3 Å². The standard InChI is InChI=1S/C20H27N5O4/c1-12-14(10-23(12)19(27)29-20(3,4)5)21-25-18(26)13(2)24-15-8-6-7-9-16(15)28-11-17(24)22-25/h6-9,12-14,21H,10-11H2,1-5H3. The van der Waals surface area contributed by atoms with Gasteiger partial charge < -0.3 is 19.3 Å². The van der Waals surface area contributed by atoms with Gasteiger partial charge in [-0.1, -0.05) is 12.1 Å². The number of ether oxygens (including phenoxy) is 2. The first-order chi connectivity index (χ1) is 13.7. The summed E-state index contributed by atoms with van der Waals surface area (Å²) in [6, 6.07) is 6.99. The second-order valence-electron chi connectivity index (χ2n) is 8.58. The third-order valence-electron chi connectivity index (χ3n) is 5.31. The van der Waals surface area contributed by atoms with E-state index in [0.29, 0.717) is 12.4 Å². The molecule has 0 radical (unpaired) electrons. The Hall–Kier alpha value is -2.81. The normalized spacial score (nSPS) is 26.1. The van der Waals surface area contributed by atoms with Gasteiger partial charge in [-0.2, -0.15) is 5.12 Å². The van der Waals surface area contributed by atoms with Crippen molar-refractivity contribution in [2.24, 2.45) is 5.10 Å². The second-order valence-corrected chi connectivity index (χ2v) is 8.58. The molecular formula is C20H27N5O4. The molecular weight excluding hydrogens is 374 g/mol. The molecule has 4 rings (SSSR count). The number of fused-ring (bicyclic) bond motifs is 3. The van der Waals surface area contributed by atoms with E-state index in [-0.39, 0.29) is 30.7 Å². The number of anilines is 1. The van der Waals surface area contributed by atoms with Crippen molar-refractivity contribution in [2.45, 2.75) is 58.3 Å². The molecule has 9 heteroatoms. The Labute approximate surface area is 170 Å². The molecule has 9 nitrogen and oxygen atoms in total. The number of benzene rings is 1. The number of carbonyl (C=O) groups is 2. The van der Waals surface area contributed by atoms with Crippen LogP contribution in [0.1, 0.15) is 34.6 Å². The molecule has 3 aliphatic rings. The highest BCUT2D eigenvalue weighted by Gasteiger charge is 2.45. The molecule has 1 aromatic rings. The van der Waals surface area contributed by atoms with Gasteiger partial charge in [0.15, 0.2) is 5.84 Å². The molecule has 3 unspecified atom stereocenters. The molecule has 0 aliphatic carbocycles. The van der Waals surface area contributed by atoms with Crippen LogP contribution in [-0.2, 0) is 9.53 Å². The van der Waals surface area contributed by atoms with Gasteiger partial charge in [0.25, 0.3) is 5.91 Å². The van der Waals surface area contributed by atoms with Crippen molar-refractivity contribution >= 4 is 23.5 Å². The third kappa shape index (κ3) is 3.50. The van der Waals surface area contributed by atoms with E-state index in [1.54, 1.807) is 4.90 Å². The van der Waals surface area contributed by atoms with Gasteiger partial charge in [0.1, 0.15) is 24.0 Å². The molecule has 1 N–H and O–H groups in total. The van der Waals surface area contributed by atoms with E-state index in [2.05, 4.69) is 10.5 Å². The lowest BCUT2D eigenvalue weighted by Crippen LogP contribution is -2.71. The first-order valence-corrected chi connectivity index (χ1v) is 9.84. The van der Waals surface area contributed by atoms with E-state index in [0.717, 1.165) is 11.4 Å². The average Bonchev–Trinajstić information content (AvgIpc) is 2.65. The zero-order valence-corrected chi connectivity index (χ0v) is 17.4. The molecule has 1 fully saturated rings. The molecule has 0 saturated carbocycles. The van der Waals surface area contributed by atoms with E-state index in [1.165, 1.54) is 5.12 Å². The number of hydrogen-bond acceptors (Lipinski definition) is 7. The quantitative estimate of drug-likeness (QED) is 0.815. The number of hydrazine groups is 1. The molecule has 0 bridgehead atoms. The summed E-state index contributed by atoms with van der Waals surface area (Å²) in [6.45, 7) is 10.0. The molecule has 3 atom stereocenters. The van der Waals surface area contributed by atoms with Crippen molar-refractivity contribution < 1.29 is 19.1 Å². The van der Waals surface area contributed by atoms with Gasteiger partial charge in [0.05, 0.1) is 17.8 Å². The molecule has 1 aromatic carbocycles. The van der Waals surface area contributed by atoms with Crippen LogP contribution in [0.2, 0.25) is 0 Å². The van der Waals surface area contributed by atoms with Gasteiger partial charge in [-0.05, 0) is 46.8 Å². The summed E-state index contributed by atoms with van der Waals surface area (Å²) in [5.41, 5.74) is 3.45. The number of rotatable bonds is 2. The van der Waals surface area contributed by atoms with E-state index >= 15 is 0 Å². The van der Waals surface area contributed by atoms with Crippen LogP contribution >= 0.6 is 0 Å². The van der Waals surface area contributed by atoms with Crippen LogP contribution in [0.15, 0.2) is 29.4 Å². The monoisotopic (exact) mass is 401 g/mol. The third-order valence-corrected chi connectivity index (χ3v) is 5.31. The fourth-order valence-electron chi connectivity index (χ4n) is 3.66. The fourth-order valence-corrected chi connectivity index (χ4v) is 3.66. The summed E-state index contributed by atoms with van der Waals surface area (Å²) in [4.78, 5) is 28.8. The van der Waals surface area contributed by atoms with Crippen LogP contribution < -0.4 is 15.1 Å². The summed E-state index contributed by atoms with van der Waals surface area (Å²) in [5, 5.41) is 5.77. The van der Waals surface area contributed by atoms with Crippen LogP contribution in [0.5, 0.6) is 5.75 Å². The molecule has 3 heterocycles. The molecule has 3 aliphatic heterocycles. The minimum atomic E-state index is -0.541. The molecule has 29 heavy (non-hydrogen) atoms. The van der Waals surface area contributed by atoms with Gasteiger partial charge in [-0.3, -0.25) is 4.79 Å². The summed E-state index contributed by atoms with van der Waals surface area (Å²) >= 11 is 0. The van der Waals surface area contributed by atoms with E-state index < -0.39 is 11.6 Å². The Bertz CT molecular complexity index is 865. The number of para-hydroxylation sites is 2. The van der Waals surface area contributed by atoms with Crippen molar-refractivity contribution in [3.8, 4) is 5.75 Å². The van der Waals surface area contributed by atoms with Gasteiger partial charge in [0, 0.05) is 6.54 Å². The Morgan fingerprint density at radius 3 is 2.69 bits per heavy atom. The summed E-state index contributed by atoms with van der Waals surface area (Å²) in [7, 11) is 0. The average molecular weight is 401 g/mol. The number of carbonyl (C=O) groups excluding carboxylic acids is 2. The number of nitrogens with zero attached hydrogens (tertiary/aromatic N) is 4. The Balaban J connectivity index is 1.45. The van der Waals surface area contributed by atoms with Crippen LogP contribution in [0.4, 0.5) is 10.5 Å². The van der Waals surface area contributed by atoms with Crippen LogP contribution in [0, 0.1) is 0 Å². The maximum absolute atomic E-state index is 12.9. The van der Waals surface area contributed by atoms with E-state index in [4.69, 9.17) is 9.47 Å². The predicted octanol–water partition coefficient (Wildman–Crippen LogP) is 1.94. The molecule has 0 aromatic heterocycles. The minimum Gasteiger partial charge on any atom is -0.483 e. The van der Waals surface area contributed by atoms with Crippen LogP contribution in [0.3, 0.4) is 0 Å². The van der Waals surface area contributed by atoms with E-state index in [9.17, 15) is 9.59 Å². The number of nitrogens with one attached hydrogen (secondary N) is 1. The van der Waals surface area contributed by atoms with Gasteiger partial charge in [-0.15, -0.1) is 5.10 Å². The lowest BCUT2D eigenvalue weighted by Gasteiger charge is -2.48. The number of hydrazone groups is 1. The lowest BCUT2D eigenvalue weighted by molar-refractivity contribution is -0.139. The number of hydrogen-bond donors (Lipinski definition) is 1. The topological polar surface area (TPSA) is 86.7 Å².